The molecule has 4 heterocycles. The number of carbonyl (C=O) groups excluding carboxylic acids is 1. The van der Waals surface area contributed by atoms with E-state index in [2.05, 4.69) is 45.8 Å². The number of hydrogen-bond acceptors (Lipinski definition) is 8. The highest BCUT2D eigenvalue weighted by molar-refractivity contribution is 14.1. The highest BCUT2D eigenvalue weighted by atomic mass is 127. The van der Waals surface area contributed by atoms with E-state index < -0.39 is 17.9 Å². The Labute approximate surface area is 214 Å². The second-order valence-electron chi connectivity index (χ2n) is 9.58. The molecule has 0 aliphatic carbocycles. The number of anilines is 1. The summed E-state index contributed by atoms with van der Waals surface area (Å²) < 4.78 is 25.6. The van der Waals surface area contributed by atoms with E-state index in [4.69, 9.17) is 18.9 Å². The molecule has 9 heteroatoms. The molecule has 0 radical (unpaired) electrons. The van der Waals surface area contributed by atoms with Crippen molar-refractivity contribution in [3.63, 3.8) is 0 Å². The SMILES string of the molecule is CC[C@@H]1CN2CC[C@@]34OCCO[C@@]3(Nc3cc(I)cc(OC)c34)[C@@H]2C[C@@H]1/C(=C\OC)C(=O)CO. The van der Waals surface area contributed by atoms with Crippen LogP contribution in [0.1, 0.15) is 31.7 Å². The lowest BCUT2D eigenvalue weighted by Crippen LogP contribution is -2.75. The molecule has 0 aromatic heterocycles. The van der Waals surface area contributed by atoms with Crippen molar-refractivity contribution in [2.24, 2.45) is 11.8 Å². The zero-order valence-corrected chi connectivity index (χ0v) is 22.1. The first-order valence-corrected chi connectivity index (χ1v) is 13.1. The molecule has 3 saturated heterocycles. The molecule has 2 N–H and O–H groups in total. The van der Waals surface area contributed by atoms with Crippen LogP contribution in [0.25, 0.3) is 0 Å². The largest absolute Gasteiger partial charge is 0.504 e. The third kappa shape index (κ3) is 3.42. The van der Waals surface area contributed by atoms with E-state index in [1.807, 2.05) is 6.07 Å². The maximum atomic E-state index is 12.7. The number of nitrogens with one attached hydrogen (secondary N) is 1. The molecule has 0 amide bonds. The summed E-state index contributed by atoms with van der Waals surface area (Å²) >= 11 is 2.31. The van der Waals surface area contributed by atoms with Crippen LogP contribution < -0.4 is 10.1 Å². The molecule has 0 bridgehead atoms. The van der Waals surface area contributed by atoms with Crippen LogP contribution in [0.15, 0.2) is 24.0 Å². The monoisotopic (exact) mass is 584 g/mol. The zero-order valence-electron chi connectivity index (χ0n) is 19.9. The molecular weight excluding hydrogens is 551 g/mol. The third-order valence-electron chi connectivity index (χ3n) is 8.18. The summed E-state index contributed by atoms with van der Waals surface area (Å²) in [7, 11) is 3.25. The van der Waals surface area contributed by atoms with Gasteiger partial charge in [-0.1, -0.05) is 13.3 Å². The van der Waals surface area contributed by atoms with Crippen molar-refractivity contribution in [2.75, 3.05) is 52.4 Å². The molecule has 5 atom stereocenters. The third-order valence-corrected chi connectivity index (χ3v) is 8.81. The summed E-state index contributed by atoms with van der Waals surface area (Å²) in [5, 5.41) is 13.4. The van der Waals surface area contributed by atoms with Crippen LogP contribution in [-0.2, 0) is 24.6 Å². The molecular formula is C25H33IN2O6. The van der Waals surface area contributed by atoms with Crippen molar-refractivity contribution in [1.82, 2.24) is 4.90 Å². The molecule has 5 rings (SSSR count). The smallest absolute Gasteiger partial charge is 0.188 e. The Morgan fingerprint density at radius 3 is 2.85 bits per heavy atom. The molecule has 34 heavy (non-hydrogen) atoms. The van der Waals surface area contributed by atoms with Gasteiger partial charge in [0.05, 0.1) is 45.3 Å². The molecule has 186 valence electrons. The van der Waals surface area contributed by atoms with Crippen molar-refractivity contribution in [1.29, 1.82) is 0 Å². The molecule has 4 aliphatic heterocycles. The van der Waals surface area contributed by atoms with E-state index >= 15 is 0 Å². The molecule has 1 aromatic rings. The summed E-state index contributed by atoms with van der Waals surface area (Å²) in [5.41, 5.74) is 1.11. The van der Waals surface area contributed by atoms with Crippen molar-refractivity contribution in [2.45, 2.75) is 43.6 Å². The number of benzene rings is 1. The number of piperidine rings is 2. The molecule has 0 saturated carbocycles. The van der Waals surface area contributed by atoms with Gasteiger partial charge in [-0.15, -0.1) is 0 Å². The van der Waals surface area contributed by atoms with Gasteiger partial charge in [0.2, 0.25) is 0 Å². The number of aliphatic hydroxyl groups excluding tert-OH is 1. The number of halogens is 1. The van der Waals surface area contributed by atoms with Gasteiger partial charge in [0.25, 0.3) is 0 Å². The van der Waals surface area contributed by atoms with Crippen molar-refractivity contribution in [3.05, 3.63) is 33.1 Å². The summed E-state index contributed by atoms with van der Waals surface area (Å²) in [6.07, 6.45) is 3.95. The highest BCUT2D eigenvalue weighted by Gasteiger charge is 2.70. The normalized spacial score (nSPS) is 34.9. The van der Waals surface area contributed by atoms with Gasteiger partial charge in [-0.25, -0.2) is 0 Å². The lowest BCUT2D eigenvalue weighted by Gasteiger charge is -2.61. The van der Waals surface area contributed by atoms with Gasteiger partial charge >= 0.3 is 0 Å². The second-order valence-corrected chi connectivity index (χ2v) is 10.8. The average molecular weight is 584 g/mol. The van der Waals surface area contributed by atoms with E-state index in [1.165, 1.54) is 6.26 Å². The van der Waals surface area contributed by atoms with Crippen molar-refractivity contribution < 1.29 is 28.8 Å². The predicted octanol–water partition coefficient (Wildman–Crippen LogP) is 2.88. The summed E-state index contributed by atoms with van der Waals surface area (Å²) in [6, 6.07) is 4.14. The number of hydrogen-bond donors (Lipinski definition) is 2. The fourth-order valence-corrected chi connectivity index (χ4v) is 7.40. The second kappa shape index (κ2) is 9.24. The van der Waals surface area contributed by atoms with E-state index in [-0.39, 0.29) is 23.7 Å². The first-order valence-electron chi connectivity index (χ1n) is 12.0. The summed E-state index contributed by atoms with van der Waals surface area (Å²) in [6.45, 7) is 4.36. The van der Waals surface area contributed by atoms with Gasteiger partial charge in [-0.2, -0.15) is 0 Å². The summed E-state index contributed by atoms with van der Waals surface area (Å²) in [5.74, 6) is 0.761. The van der Waals surface area contributed by atoms with Gasteiger partial charge in [0, 0.05) is 27.9 Å². The predicted molar refractivity (Wildman–Crippen MR) is 135 cm³/mol. The number of methoxy groups -OCH3 is 2. The minimum Gasteiger partial charge on any atom is -0.504 e. The zero-order chi connectivity index (χ0) is 24.1. The van der Waals surface area contributed by atoms with Crippen LogP contribution in [0.4, 0.5) is 5.69 Å². The van der Waals surface area contributed by atoms with Gasteiger partial charge in [0.1, 0.15) is 18.0 Å². The maximum absolute atomic E-state index is 12.7. The van der Waals surface area contributed by atoms with Gasteiger partial charge in [-0.3, -0.25) is 9.69 Å². The molecule has 1 aromatic carbocycles. The Morgan fingerprint density at radius 1 is 1.35 bits per heavy atom. The number of aliphatic hydroxyl groups is 1. The van der Waals surface area contributed by atoms with Gasteiger partial charge in [0.15, 0.2) is 11.5 Å². The van der Waals surface area contributed by atoms with Crippen molar-refractivity contribution in [3.8, 4) is 5.75 Å². The first-order chi connectivity index (χ1) is 16.4. The standard InChI is InChI=1S/C25H33IN2O6/c1-4-15-12-28-6-5-24-23-19(9-16(26)10-21(23)32-3)27-25(24,34-8-7-33-24)22(28)11-17(15)18(14-31-2)20(30)13-29/h9-10,14-15,17,22,27,29H,4-8,11-13H2,1-3H3/b18-14+/t15-,17+,22+,24+,25+/m1/s1. The number of nitrogens with zero attached hydrogens (tertiary/aromatic N) is 1. The van der Waals surface area contributed by atoms with Crippen LogP contribution >= 0.6 is 22.6 Å². The Balaban J connectivity index is 1.61. The minimum atomic E-state index is -0.791. The minimum absolute atomic E-state index is 0.0316. The van der Waals surface area contributed by atoms with Crippen molar-refractivity contribution >= 4 is 34.1 Å². The fourth-order valence-electron chi connectivity index (χ4n) is 6.81. The molecule has 8 nitrogen and oxygen atoms in total. The number of Topliss-reactive ketones (excluding diaryl/α,β-unsaturated/α-hetero) is 1. The Bertz CT molecular complexity index is 1000. The van der Waals surface area contributed by atoms with E-state index in [0.717, 1.165) is 46.5 Å². The van der Waals surface area contributed by atoms with Gasteiger partial charge in [-0.05, 0) is 59.4 Å². The van der Waals surface area contributed by atoms with Crippen LogP contribution in [-0.4, -0.2) is 74.7 Å². The van der Waals surface area contributed by atoms with Crippen LogP contribution in [0.3, 0.4) is 0 Å². The summed E-state index contributed by atoms with van der Waals surface area (Å²) in [4.78, 5) is 15.2. The Kier molecular flexibility index (Phi) is 6.60. The maximum Gasteiger partial charge on any atom is 0.188 e. The number of fused-ring (bicyclic) bond motifs is 2. The fraction of sp³-hybridized carbons (Fsp3) is 0.640. The average Bonchev–Trinajstić information content (AvgIpc) is 3.16. The topological polar surface area (TPSA) is 89.5 Å². The highest BCUT2D eigenvalue weighted by Crippen LogP contribution is 2.61. The molecule has 3 fully saturated rings. The van der Waals surface area contributed by atoms with Gasteiger partial charge < -0.3 is 29.4 Å². The van der Waals surface area contributed by atoms with E-state index in [1.54, 1.807) is 14.2 Å². The van der Waals surface area contributed by atoms with E-state index in [0.29, 0.717) is 25.2 Å². The number of carbonyl (C=O) groups is 1. The van der Waals surface area contributed by atoms with E-state index in [9.17, 15) is 9.90 Å². The number of ether oxygens (including phenoxy) is 4. The Morgan fingerprint density at radius 2 is 2.15 bits per heavy atom. The molecule has 0 unspecified atom stereocenters. The lowest BCUT2D eigenvalue weighted by atomic mass is 9.66. The molecule has 4 aliphatic rings. The first kappa shape index (κ1) is 24.3. The van der Waals surface area contributed by atoms with Crippen LogP contribution in [0, 0.1) is 15.4 Å². The lowest BCUT2D eigenvalue weighted by molar-refractivity contribution is -0.297. The van der Waals surface area contributed by atoms with Crippen LogP contribution in [0.5, 0.6) is 5.75 Å². The molecule has 0 spiro atoms. The number of rotatable bonds is 6. The van der Waals surface area contributed by atoms with Crippen LogP contribution in [0.2, 0.25) is 0 Å². The number of ketones is 1. The quantitative estimate of drug-likeness (QED) is 0.300. The Hall–Kier alpha value is -1.40.